The van der Waals surface area contributed by atoms with E-state index in [-0.39, 0.29) is 23.9 Å². The number of halogens is 1. The van der Waals surface area contributed by atoms with Gasteiger partial charge in [0.1, 0.15) is 5.56 Å². The van der Waals surface area contributed by atoms with Gasteiger partial charge in [-0.05, 0) is 12.8 Å². The molecule has 1 aliphatic heterocycles. The Hall–Kier alpha value is -3.15. The van der Waals surface area contributed by atoms with Gasteiger partial charge >= 0.3 is 17.6 Å². The molecule has 1 aliphatic rings. The number of carbonyl (C=O) groups excluding carboxylic acids is 1. The van der Waals surface area contributed by atoms with Crippen LogP contribution in [0, 0.1) is 0 Å². The van der Waals surface area contributed by atoms with E-state index in [0.717, 1.165) is 22.1 Å². The van der Waals surface area contributed by atoms with Crippen LogP contribution in [0.1, 0.15) is 24.8 Å². The summed E-state index contributed by atoms with van der Waals surface area (Å²) in [5, 5.41) is 24.6. The highest BCUT2D eigenvalue weighted by Gasteiger charge is 2.18. The number of amides is 1. The van der Waals surface area contributed by atoms with Crippen LogP contribution >= 0.6 is 12.4 Å². The van der Waals surface area contributed by atoms with Crippen molar-refractivity contribution in [3.8, 4) is 5.88 Å². The number of carboxylic acids is 2. The highest BCUT2D eigenvalue weighted by Crippen LogP contribution is 2.10. The lowest BCUT2D eigenvalue weighted by Crippen LogP contribution is -2.38. The van der Waals surface area contributed by atoms with E-state index in [1.807, 2.05) is 0 Å². The predicted octanol–water partition coefficient (Wildman–Crippen LogP) is -1.20. The van der Waals surface area contributed by atoms with Gasteiger partial charge < -0.3 is 20.2 Å². The van der Waals surface area contributed by atoms with E-state index in [0.29, 0.717) is 25.9 Å². The SMILES string of the molecule is Cl.Cn1c(O)c(C=NCCCN2CCCC2=O)c(=O)n(C)c1=O.O=C(O)C(=O)O. The van der Waals surface area contributed by atoms with E-state index < -0.39 is 29.1 Å². The first-order valence-corrected chi connectivity index (χ1v) is 8.30. The van der Waals surface area contributed by atoms with Gasteiger partial charge in [0.15, 0.2) is 0 Å². The minimum Gasteiger partial charge on any atom is -0.494 e. The molecule has 0 bridgehead atoms. The van der Waals surface area contributed by atoms with Crippen LogP contribution in [0.4, 0.5) is 0 Å². The van der Waals surface area contributed by atoms with Crippen LogP contribution in [0.5, 0.6) is 5.88 Å². The fraction of sp³-hybridized carbons (Fsp3) is 0.500. The van der Waals surface area contributed by atoms with E-state index in [2.05, 4.69) is 4.99 Å². The zero-order valence-electron chi connectivity index (χ0n) is 15.9. The van der Waals surface area contributed by atoms with Crippen LogP contribution in [0.15, 0.2) is 14.6 Å². The minimum absolute atomic E-state index is 0. The Morgan fingerprint density at radius 2 is 1.69 bits per heavy atom. The molecule has 0 spiro atoms. The molecule has 0 atom stereocenters. The maximum atomic E-state index is 11.9. The van der Waals surface area contributed by atoms with Crippen LogP contribution in [0.3, 0.4) is 0 Å². The molecule has 0 aliphatic carbocycles. The van der Waals surface area contributed by atoms with Crippen LogP contribution in [-0.2, 0) is 28.5 Å². The number of hydrogen-bond donors (Lipinski definition) is 3. The predicted molar refractivity (Wildman–Crippen MR) is 104 cm³/mol. The summed E-state index contributed by atoms with van der Waals surface area (Å²) in [4.78, 5) is 59.1. The van der Waals surface area contributed by atoms with Crippen molar-refractivity contribution in [1.29, 1.82) is 0 Å². The summed E-state index contributed by atoms with van der Waals surface area (Å²) in [6, 6.07) is 0. The minimum atomic E-state index is -1.82. The average molecular weight is 435 g/mol. The molecule has 1 amide bonds. The van der Waals surface area contributed by atoms with Gasteiger partial charge in [-0.2, -0.15) is 0 Å². The van der Waals surface area contributed by atoms with Gasteiger partial charge in [-0.1, -0.05) is 0 Å². The van der Waals surface area contributed by atoms with Gasteiger partial charge in [0, 0.05) is 46.4 Å². The first-order chi connectivity index (χ1) is 13.1. The molecule has 0 unspecified atom stereocenters. The third kappa shape index (κ3) is 7.07. The van der Waals surface area contributed by atoms with E-state index >= 15 is 0 Å². The van der Waals surface area contributed by atoms with Crippen LogP contribution in [0.25, 0.3) is 0 Å². The Balaban J connectivity index is 0.000000981. The molecule has 0 radical (unpaired) electrons. The summed E-state index contributed by atoms with van der Waals surface area (Å²) in [5.41, 5.74) is -1.19. The Kier molecular flexibility index (Phi) is 10.4. The number of carboxylic acid groups (broad SMARTS) is 2. The van der Waals surface area contributed by atoms with Crippen molar-refractivity contribution in [2.45, 2.75) is 19.3 Å². The summed E-state index contributed by atoms with van der Waals surface area (Å²) in [6.45, 7) is 1.88. The van der Waals surface area contributed by atoms with E-state index in [9.17, 15) is 19.5 Å². The fourth-order valence-corrected chi connectivity index (χ4v) is 2.42. The molecule has 1 saturated heterocycles. The number of aliphatic imine (C=N–C) groups is 1. The maximum Gasteiger partial charge on any atom is 0.414 e. The molecule has 162 valence electrons. The number of hydrogen-bond acceptors (Lipinski definition) is 7. The Morgan fingerprint density at radius 3 is 2.17 bits per heavy atom. The van der Waals surface area contributed by atoms with E-state index in [4.69, 9.17) is 19.8 Å². The quantitative estimate of drug-likeness (QED) is 0.294. The maximum absolute atomic E-state index is 11.9. The first kappa shape index (κ1) is 25.9. The van der Waals surface area contributed by atoms with Crippen molar-refractivity contribution in [2.75, 3.05) is 19.6 Å². The normalized spacial score (nSPS) is 13.0. The van der Waals surface area contributed by atoms with Crippen LogP contribution in [0.2, 0.25) is 0 Å². The smallest absolute Gasteiger partial charge is 0.414 e. The van der Waals surface area contributed by atoms with Crippen LogP contribution in [-0.4, -0.2) is 73.0 Å². The second-order valence-electron chi connectivity index (χ2n) is 5.93. The molecule has 12 nitrogen and oxygen atoms in total. The summed E-state index contributed by atoms with van der Waals surface area (Å²) in [6.07, 6.45) is 3.49. The largest absolute Gasteiger partial charge is 0.494 e. The molecule has 0 saturated carbocycles. The summed E-state index contributed by atoms with van der Waals surface area (Å²) in [5.74, 6) is -3.87. The Bertz CT molecular complexity index is 893. The first-order valence-electron chi connectivity index (χ1n) is 8.30. The van der Waals surface area contributed by atoms with Crippen molar-refractivity contribution in [2.24, 2.45) is 19.1 Å². The topological polar surface area (TPSA) is 171 Å². The monoisotopic (exact) mass is 434 g/mol. The molecule has 1 aromatic heterocycles. The zero-order chi connectivity index (χ0) is 21.4. The Morgan fingerprint density at radius 1 is 1.10 bits per heavy atom. The summed E-state index contributed by atoms with van der Waals surface area (Å²) in [7, 11) is 2.73. The standard InChI is InChI=1S/C14H20N4O4.C2H2O4.ClH/c1-16-12(20)10(13(21)17(2)14(16)22)9-15-6-4-8-18-7-3-5-11(18)19;3-1(4)2(5)6;/h9,20H,3-8H2,1-2H3;(H,3,4)(H,5,6);1H. The molecular weight excluding hydrogens is 412 g/mol. The van der Waals surface area contributed by atoms with Gasteiger partial charge in [0.05, 0.1) is 0 Å². The Labute approximate surface area is 171 Å². The zero-order valence-corrected chi connectivity index (χ0v) is 16.7. The third-order valence-corrected chi connectivity index (χ3v) is 3.96. The summed E-state index contributed by atoms with van der Waals surface area (Å²) >= 11 is 0. The van der Waals surface area contributed by atoms with Gasteiger partial charge in [-0.25, -0.2) is 14.4 Å². The second-order valence-corrected chi connectivity index (χ2v) is 5.93. The van der Waals surface area contributed by atoms with Crippen molar-refractivity contribution in [1.82, 2.24) is 14.0 Å². The highest BCUT2D eigenvalue weighted by atomic mass is 35.5. The van der Waals surface area contributed by atoms with Crippen LogP contribution < -0.4 is 11.2 Å². The number of carbonyl (C=O) groups is 3. The second kappa shape index (κ2) is 11.6. The molecule has 1 fully saturated rings. The number of nitrogens with zero attached hydrogens (tertiary/aromatic N) is 4. The van der Waals surface area contributed by atoms with Gasteiger partial charge in [-0.3, -0.25) is 23.7 Å². The molecule has 3 N–H and O–H groups in total. The lowest BCUT2D eigenvalue weighted by atomic mass is 10.3. The molecule has 2 heterocycles. The average Bonchev–Trinajstić information content (AvgIpc) is 3.06. The van der Waals surface area contributed by atoms with Crippen molar-refractivity contribution in [3.63, 3.8) is 0 Å². The van der Waals surface area contributed by atoms with Crippen molar-refractivity contribution >= 4 is 36.5 Å². The molecule has 29 heavy (non-hydrogen) atoms. The molecule has 0 aromatic carbocycles. The lowest BCUT2D eigenvalue weighted by Gasteiger charge is -2.13. The number of aliphatic carboxylic acids is 2. The van der Waals surface area contributed by atoms with E-state index in [1.165, 1.54) is 20.3 Å². The molecule has 2 rings (SSSR count). The molecule has 1 aromatic rings. The molecular formula is C16H23ClN4O8. The highest BCUT2D eigenvalue weighted by molar-refractivity contribution is 6.27. The van der Waals surface area contributed by atoms with Gasteiger partial charge in [-0.15, -0.1) is 12.4 Å². The third-order valence-electron chi connectivity index (χ3n) is 3.96. The number of rotatable bonds is 5. The fourth-order valence-electron chi connectivity index (χ4n) is 2.42. The van der Waals surface area contributed by atoms with Crippen molar-refractivity contribution < 1.29 is 29.7 Å². The summed E-state index contributed by atoms with van der Waals surface area (Å²) < 4.78 is 1.91. The number of likely N-dealkylation sites (tertiary alicyclic amines) is 1. The number of aromatic nitrogens is 2. The number of aromatic hydroxyl groups is 1. The van der Waals surface area contributed by atoms with Crippen molar-refractivity contribution in [3.05, 3.63) is 26.4 Å². The van der Waals surface area contributed by atoms with Gasteiger partial charge in [0.2, 0.25) is 11.8 Å². The van der Waals surface area contributed by atoms with Gasteiger partial charge in [0.25, 0.3) is 5.56 Å². The van der Waals surface area contributed by atoms with E-state index in [1.54, 1.807) is 4.90 Å². The lowest BCUT2D eigenvalue weighted by molar-refractivity contribution is -0.159. The molecule has 13 heteroatoms.